The van der Waals surface area contributed by atoms with Gasteiger partial charge in [0, 0.05) is 24.3 Å². The van der Waals surface area contributed by atoms with E-state index in [1.807, 2.05) is 0 Å². The maximum atomic E-state index is 11.2. The monoisotopic (exact) mass is 216 g/mol. The maximum absolute atomic E-state index is 11.2. The number of nitrogens with zero attached hydrogens (tertiary/aromatic N) is 2. The summed E-state index contributed by atoms with van der Waals surface area (Å²) in [4.78, 5) is 15.1. The van der Waals surface area contributed by atoms with Crippen molar-refractivity contribution in [3.63, 3.8) is 0 Å². The van der Waals surface area contributed by atoms with Crippen LogP contribution in [-0.2, 0) is 6.54 Å². The van der Waals surface area contributed by atoms with Crippen molar-refractivity contribution in [1.82, 2.24) is 9.55 Å². The van der Waals surface area contributed by atoms with Gasteiger partial charge in [-0.05, 0) is 6.92 Å². The Labute approximate surface area is 73.2 Å². The van der Waals surface area contributed by atoms with Gasteiger partial charge in [0.05, 0.1) is 0 Å². The number of hydrogen-bond acceptors (Lipinski definition) is 2. The Hall–Kier alpha value is -0.640. The number of aryl methyl sites for hydroxylation is 2. The molecule has 1 aromatic heterocycles. The van der Waals surface area contributed by atoms with Crippen molar-refractivity contribution < 1.29 is 0 Å². The van der Waals surface area contributed by atoms with Gasteiger partial charge in [0.15, 0.2) is 0 Å². The van der Waals surface area contributed by atoms with Gasteiger partial charge in [-0.3, -0.25) is 9.78 Å². The second-order valence-electron chi connectivity index (χ2n) is 2.20. The SMILES string of the molecule is Cc1nccn(CCBr)c1=O. The maximum Gasteiger partial charge on any atom is 0.271 e. The molecule has 0 aliphatic heterocycles. The summed E-state index contributed by atoms with van der Waals surface area (Å²) in [5.74, 6) is 0. The Morgan fingerprint density at radius 3 is 3.09 bits per heavy atom. The van der Waals surface area contributed by atoms with Crippen molar-refractivity contribution in [2.75, 3.05) is 5.33 Å². The van der Waals surface area contributed by atoms with Gasteiger partial charge in [-0.15, -0.1) is 0 Å². The van der Waals surface area contributed by atoms with Gasteiger partial charge in [0.25, 0.3) is 5.56 Å². The third kappa shape index (κ3) is 1.89. The number of aromatic nitrogens is 2. The molecule has 0 amide bonds. The minimum atomic E-state index is -0.00745. The normalized spacial score (nSPS) is 10.0. The van der Waals surface area contributed by atoms with E-state index in [1.54, 1.807) is 23.9 Å². The molecule has 0 aliphatic carbocycles. The summed E-state index contributed by atoms with van der Waals surface area (Å²) >= 11 is 3.26. The van der Waals surface area contributed by atoms with E-state index in [2.05, 4.69) is 20.9 Å². The van der Waals surface area contributed by atoms with Crippen LogP contribution in [-0.4, -0.2) is 14.9 Å². The molecule has 0 unspecified atom stereocenters. The smallest absolute Gasteiger partial charge is 0.271 e. The molecule has 0 aromatic carbocycles. The number of alkyl halides is 1. The molecule has 0 fully saturated rings. The molecule has 0 saturated heterocycles. The van der Waals surface area contributed by atoms with E-state index in [0.717, 1.165) is 5.33 Å². The Bertz CT molecular complexity index is 295. The van der Waals surface area contributed by atoms with Crippen LogP contribution in [0.3, 0.4) is 0 Å². The lowest BCUT2D eigenvalue weighted by atomic mass is 10.5. The number of rotatable bonds is 2. The molecule has 0 aliphatic rings. The number of hydrogen-bond donors (Lipinski definition) is 0. The molecular formula is C7H9BrN2O. The number of halogens is 1. The minimum Gasteiger partial charge on any atom is -0.312 e. The molecule has 0 radical (unpaired) electrons. The van der Waals surface area contributed by atoms with Crippen molar-refractivity contribution >= 4 is 15.9 Å². The van der Waals surface area contributed by atoms with Crippen LogP contribution in [0.1, 0.15) is 5.69 Å². The second kappa shape index (κ2) is 3.67. The molecule has 0 spiro atoms. The van der Waals surface area contributed by atoms with Crippen LogP contribution in [0.2, 0.25) is 0 Å². The van der Waals surface area contributed by atoms with E-state index in [0.29, 0.717) is 12.2 Å². The van der Waals surface area contributed by atoms with E-state index >= 15 is 0 Å². The molecule has 11 heavy (non-hydrogen) atoms. The van der Waals surface area contributed by atoms with Gasteiger partial charge in [0.1, 0.15) is 5.69 Å². The molecule has 0 bridgehead atoms. The summed E-state index contributed by atoms with van der Waals surface area (Å²) in [5.41, 5.74) is 0.542. The molecule has 0 atom stereocenters. The highest BCUT2D eigenvalue weighted by molar-refractivity contribution is 9.09. The van der Waals surface area contributed by atoms with Crippen LogP contribution in [0.4, 0.5) is 0 Å². The fourth-order valence-corrected chi connectivity index (χ4v) is 1.21. The van der Waals surface area contributed by atoms with Crippen LogP contribution in [0.15, 0.2) is 17.2 Å². The molecule has 1 aromatic rings. The largest absolute Gasteiger partial charge is 0.312 e. The van der Waals surface area contributed by atoms with Crippen LogP contribution < -0.4 is 5.56 Å². The third-order valence-corrected chi connectivity index (χ3v) is 1.77. The van der Waals surface area contributed by atoms with Gasteiger partial charge in [-0.2, -0.15) is 0 Å². The predicted molar refractivity (Wildman–Crippen MR) is 47.0 cm³/mol. The van der Waals surface area contributed by atoms with Crippen LogP contribution >= 0.6 is 15.9 Å². The molecule has 0 saturated carbocycles. The molecule has 1 heterocycles. The molecular weight excluding hydrogens is 208 g/mol. The average molecular weight is 217 g/mol. The average Bonchev–Trinajstić information content (AvgIpc) is 1.99. The highest BCUT2D eigenvalue weighted by Gasteiger charge is 1.96. The predicted octanol–water partition coefficient (Wildman–Crippen LogP) is 0.947. The summed E-state index contributed by atoms with van der Waals surface area (Å²) in [6, 6.07) is 0. The van der Waals surface area contributed by atoms with Crippen LogP contribution in [0.25, 0.3) is 0 Å². The first-order chi connectivity index (χ1) is 5.25. The second-order valence-corrected chi connectivity index (χ2v) is 2.99. The molecule has 3 nitrogen and oxygen atoms in total. The highest BCUT2D eigenvalue weighted by Crippen LogP contribution is 1.86. The third-order valence-electron chi connectivity index (χ3n) is 1.41. The molecule has 4 heteroatoms. The highest BCUT2D eigenvalue weighted by atomic mass is 79.9. The lowest BCUT2D eigenvalue weighted by Gasteiger charge is -2.01. The van der Waals surface area contributed by atoms with Crippen LogP contribution in [0.5, 0.6) is 0 Å². The van der Waals surface area contributed by atoms with E-state index in [1.165, 1.54) is 0 Å². The van der Waals surface area contributed by atoms with E-state index < -0.39 is 0 Å². The van der Waals surface area contributed by atoms with Gasteiger partial charge in [-0.1, -0.05) is 15.9 Å². The summed E-state index contributed by atoms with van der Waals surface area (Å²) in [6.07, 6.45) is 3.33. The quantitative estimate of drug-likeness (QED) is 0.691. The molecule has 1 rings (SSSR count). The Balaban J connectivity index is 3.07. The summed E-state index contributed by atoms with van der Waals surface area (Å²) < 4.78 is 1.64. The van der Waals surface area contributed by atoms with Gasteiger partial charge in [0.2, 0.25) is 0 Å². The fraction of sp³-hybridized carbons (Fsp3) is 0.429. The standard InChI is InChI=1S/C7H9BrN2O/c1-6-7(11)10(4-2-8)5-3-9-6/h3,5H,2,4H2,1H3. The van der Waals surface area contributed by atoms with E-state index in [4.69, 9.17) is 0 Å². The van der Waals surface area contributed by atoms with E-state index in [9.17, 15) is 4.79 Å². The zero-order chi connectivity index (χ0) is 8.27. The van der Waals surface area contributed by atoms with Crippen molar-refractivity contribution in [3.05, 3.63) is 28.4 Å². The minimum absolute atomic E-state index is 0.00745. The zero-order valence-electron chi connectivity index (χ0n) is 6.25. The van der Waals surface area contributed by atoms with Crippen molar-refractivity contribution in [1.29, 1.82) is 0 Å². The van der Waals surface area contributed by atoms with Gasteiger partial charge >= 0.3 is 0 Å². The van der Waals surface area contributed by atoms with Crippen molar-refractivity contribution in [2.45, 2.75) is 13.5 Å². The molecule has 60 valence electrons. The topological polar surface area (TPSA) is 34.9 Å². The lowest BCUT2D eigenvalue weighted by molar-refractivity contribution is 0.718. The first-order valence-corrected chi connectivity index (χ1v) is 4.46. The molecule has 0 N–H and O–H groups in total. The van der Waals surface area contributed by atoms with E-state index in [-0.39, 0.29) is 5.56 Å². The zero-order valence-corrected chi connectivity index (χ0v) is 7.84. The first-order valence-electron chi connectivity index (χ1n) is 3.33. The van der Waals surface area contributed by atoms with Gasteiger partial charge < -0.3 is 4.57 Å². The van der Waals surface area contributed by atoms with Crippen LogP contribution in [0, 0.1) is 6.92 Å². The summed E-state index contributed by atoms with van der Waals surface area (Å²) in [6.45, 7) is 2.41. The fourth-order valence-electron chi connectivity index (χ4n) is 0.823. The Kier molecular flexibility index (Phi) is 2.82. The first kappa shape index (κ1) is 8.46. The Morgan fingerprint density at radius 1 is 1.73 bits per heavy atom. The Morgan fingerprint density at radius 2 is 2.45 bits per heavy atom. The summed E-state index contributed by atoms with van der Waals surface area (Å²) in [5, 5.41) is 0.788. The summed E-state index contributed by atoms with van der Waals surface area (Å²) in [7, 11) is 0. The lowest BCUT2D eigenvalue weighted by Crippen LogP contribution is -2.23. The van der Waals surface area contributed by atoms with Crippen molar-refractivity contribution in [2.24, 2.45) is 0 Å². The van der Waals surface area contributed by atoms with Gasteiger partial charge in [-0.25, -0.2) is 0 Å². The van der Waals surface area contributed by atoms with Crippen molar-refractivity contribution in [3.8, 4) is 0 Å².